The predicted octanol–water partition coefficient (Wildman–Crippen LogP) is 0.785. The zero-order valence-electron chi connectivity index (χ0n) is 11.7. The molecule has 1 unspecified atom stereocenters. The molecule has 0 radical (unpaired) electrons. The van der Waals surface area contributed by atoms with Gasteiger partial charge in [-0.15, -0.1) is 4.98 Å². The second kappa shape index (κ2) is 6.51. The van der Waals surface area contributed by atoms with Gasteiger partial charge in [-0.05, 0) is 26.4 Å². The van der Waals surface area contributed by atoms with Crippen molar-refractivity contribution in [3.8, 4) is 12.0 Å². The van der Waals surface area contributed by atoms with E-state index in [0.29, 0.717) is 24.6 Å². The highest BCUT2D eigenvalue weighted by molar-refractivity contribution is 5.26. The Balaban J connectivity index is 1.98. The topological polar surface area (TPSA) is 72.4 Å². The molecule has 1 aliphatic rings. The van der Waals surface area contributed by atoms with Gasteiger partial charge in [0, 0.05) is 13.1 Å². The van der Waals surface area contributed by atoms with E-state index in [2.05, 4.69) is 32.2 Å². The Morgan fingerprint density at radius 1 is 1.26 bits per heavy atom. The summed E-state index contributed by atoms with van der Waals surface area (Å²) < 4.78 is 10.7. The van der Waals surface area contributed by atoms with E-state index in [4.69, 9.17) is 9.47 Å². The normalized spacial score (nSPS) is 20.1. The highest BCUT2D eigenvalue weighted by atomic mass is 16.5. The molecular weight excluding hydrogens is 246 g/mol. The third-order valence-corrected chi connectivity index (χ3v) is 3.33. The first kappa shape index (κ1) is 13.8. The number of hydrogen-bond donors (Lipinski definition) is 1. The van der Waals surface area contributed by atoms with Gasteiger partial charge in [0.15, 0.2) is 0 Å². The van der Waals surface area contributed by atoms with Crippen LogP contribution in [0.3, 0.4) is 0 Å². The first-order chi connectivity index (χ1) is 9.22. The zero-order valence-corrected chi connectivity index (χ0v) is 11.7. The van der Waals surface area contributed by atoms with Gasteiger partial charge < -0.3 is 19.7 Å². The van der Waals surface area contributed by atoms with Crippen LogP contribution in [0.1, 0.15) is 19.3 Å². The smallest absolute Gasteiger partial charge is 0.324 e. The molecule has 0 spiro atoms. The number of aromatic nitrogens is 3. The summed E-state index contributed by atoms with van der Waals surface area (Å²) in [6, 6.07) is 0.982. The first-order valence-corrected chi connectivity index (χ1v) is 6.53. The van der Waals surface area contributed by atoms with Crippen LogP contribution in [-0.2, 0) is 0 Å². The van der Waals surface area contributed by atoms with Crippen molar-refractivity contribution in [2.24, 2.45) is 0 Å². The van der Waals surface area contributed by atoms with Crippen LogP contribution >= 0.6 is 0 Å². The first-order valence-electron chi connectivity index (χ1n) is 6.53. The maximum absolute atomic E-state index is 5.68. The molecule has 1 fully saturated rings. The Hall–Kier alpha value is -1.63. The molecule has 1 saturated heterocycles. The molecule has 0 bridgehead atoms. The number of piperidine rings is 1. The lowest BCUT2D eigenvalue weighted by atomic mass is 10.0. The number of rotatable bonds is 5. The van der Waals surface area contributed by atoms with Crippen molar-refractivity contribution >= 4 is 5.95 Å². The standard InChI is InChI=1S/C12H21N5O2/c1-13-10-14-11(18-3)16-12(15-10)19-8-9-6-4-5-7-17(9)2/h9H,4-8H2,1-3H3,(H,13,14,15,16). The minimum atomic E-state index is 0.256. The number of nitrogens with zero attached hydrogens (tertiary/aromatic N) is 4. The van der Waals surface area contributed by atoms with E-state index in [1.807, 2.05) is 0 Å². The summed E-state index contributed by atoms with van der Waals surface area (Å²) in [6.07, 6.45) is 3.66. The Bertz CT molecular complexity index is 393. The molecule has 1 aliphatic heterocycles. The van der Waals surface area contributed by atoms with Gasteiger partial charge in [0.2, 0.25) is 5.95 Å². The van der Waals surface area contributed by atoms with Crippen molar-refractivity contribution in [3.05, 3.63) is 0 Å². The number of nitrogens with one attached hydrogen (secondary N) is 1. The average molecular weight is 267 g/mol. The molecule has 7 heteroatoms. The summed E-state index contributed by atoms with van der Waals surface area (Å²) >= 11 is 0. The summed E-state index contributed by atoms with van der Waals surface area (Å²) in [7, 11) is 5.39. The molecule has 0 saturated carbocycles. The number of likely N-dealkylation sites (N-methyl/N-ethyl adjacent to an activating group) is 1. The maximum Gasteiger partial charge on any atom is 0.324 e. The van der Waals surface area contributed by atoms with Crippen molar-refractivity contribution in [2.75, 3.05) is 39.7 Å². The zero-order chi connectivity index (χ0) is 13.7. The van der Waals surface area contributed by atoms with E-state index in [1.165, 1.54) is 20.0 Å². The molecule has 1 atom stereocenters. The fraction of sp³-hybridized carbons (Fsp3) is 0.750. The average Bonchev–Trinajstić information content (AvgIpc) is 2.46. The highest BCUT2D eigenvalue weighted by Gasteiger charge is 2.20. The minimum absolute atomic E-state index is 0.256. The van der Waals surface area contributed by atoms with Gasteiger partial charge in [0.05, 0.1) is 7.11 Å². The molecule has 2 heterocycles. The van der Waals surface area contributed by atoms with Gasteiger partial charge in [0.25, 0.3) is 0 Å². The van der Waals surface area contributed by atoms with Crippen LogP contribution in [0.15, 0.2) is 0 Å². The summed E-state index contributed by atoms with van der Waals surface area (Å²) in [5.74, 6) is 0.443. The van der Waals surface area contributed by atoms with E-state index in [-0.39, 0.29) is 6.01 Å². The van der Waals surface area contributed by atoms with E-state index in [0.717, 1.165) is 13.0 Å². The summed E-state index contributed by atoms with van der Waals surface area (Å²) in [5, 5.41) is 2.86. The van der Waals surface area contributed by atoms with Crippen LogP contribution in [0.5, 0.6) is 12.0 Å². The van der Waals surface area contributed by atoms with Crippen LogP contribution in [0.4, 0.5) is 5.95 Å². The third-order valence-electron chi connectivity index (χ3n) is 3.33. The second-order valence-electron chi connectivity index (χ2n) is 4.62. The van der Waals surface area contributed by atoms with E-state index < -0.39 is 0 Å². The monoisotopic (exact) mass is 267 g/mol. The lowest BCUT2D eigenvalue weighted by molar-refractivity contribution is 0.119. The summed E-state index contributed by atoms with van der Waals surface area (Å²) in [4.78, 5) is 14.6. The maximum atomic E-state index is 5.68. The van der Waals surface area contributed by atoms with Crippen molar-refractivity contribution in [2.45, 2.75) is 25.3 Å². The lowest BCUT2D eigenvalue weighted by Crippen LogP contribution is -2.40. The van der Waals surface area contributed by atoms with Crippen LogP contribution in [0.2, 0.25) is 0 Å². The highest BCUT2D eigenvalue weighted by Crippen LogP contribution is 2.17. The third kappa shape index (κ3) is 3.66. The summed E-state index contributed by atoms with van der Waals surface area (Å²) in [5.41, 5.74) is 0. The van der Waals surface area contributed by atoms with Crippen molar-refractivity contribution < 1.29 is 9.47 Å². The number of hydrogen-bond acceptors (Lipinski definition) is 7. The van der Waals surface area contributed by atoms with Crippen LogP contribution in [0.25, 0.3) is 0 Å². The Morgan fingerprint density at radius 3 is 2.74 bits per heavy atom. The molecule has 0 aliphatic carbocycles. The van der Waals surface area contributed by atoms with E-state index in [1.54, 1.807) is 7.05 Å². The Morgan fingerprint density at radius 2 is 2.05 bits per heavy atom. The van der Waals surface area contributed by atoms with Gasteiger partial charge in [-0.25, -0.2) is 0 Å². The largest absolute Gasteiger partial charge is 0.467 e. The van der Waals surface area contributed by atoms with Gasteiger partial charge in [-0.2, -0.15) is 9.97 Å². The quantitative estimate of drug-likeness (QED) is 0.845. The van der Waals surface area contributed by atoms with Gasteiger partial charge >= 0.3 is 12.0 Å². The number of likely N-dealkylation sites (tertiary alicyclic amines) is 1. The molecule has 0 aromatic carbocycles. The van der Waals surface area contributed by atoms with Gasteiger partial charge in [-0.3, -0.25) is 0 Å². The second-order valence-corrected chi connectivity index (χ2v) is 4.62. The fourth-order valence-electron chi connectivity index (χ4n) is 2.13. The van der Waals surface area contributed by atoms with E-state index in [9.17, 15) is 0 Å². The number of methoxy groups -OCH3 is 1. The molecule has 1 aromatic rings. The molecule has 1 aromatic heterocycles. The molecule has 1 N–H and O–H groups in total. The van der Waals surface area contributed by atoms with Crippen molar-refractivity contribution in [1.82, 2.24) is 19.9 Å². The molecule has 0 amide bonds. The van der Waals surface area contributed by atoms with Crippen molar-refractivity contribution in [3.63, 3.8) is 0 Å². The van der Waals surface area contributed by atoms with Crippen LogP contribution in [0, 0.1) is 0 Å². The summed E-state index contributed by atoms with van der Waals surface area (Å²) in [6.45, 7) is 1.71. The minimum Gasteiger partial charge on any atom is -0.467 e. The van der Waals surface area contributed by atoms with Gasteiger partial charge in [0.1, 0.15) is 6.61 Å². The Kier molecular flexibility index (Phi) is 4.73. The fourth-order valence-corrected chi connectivity index (χ4v) is 2.13. The molecular formula is C12H21N5O2. The van der Waals surface area contributed by atoms with Crippen molar-refractivity contribution in [1.29, 1.82) is 0 Å². The number of anilines is 1. The Labute approximate surface area is 113 Å². The SMILES string of the molecule is CNc1nc(OC)nc(OCC2CCCCN2C)n1. The molecule has 106 valence electrons. The van der Waals surface area contributed by atoms with Crippen LogP contribution < -0.4 is 14.8 Å². The predicted molar refractivity (Wildman–Crippen MR) is 71.7 cm³/mol. The molecule has 2 rings (SSSR count). The molecule has 7 nitrogen and oxygen atoms in total. The number of ether oxygens (including phenoxy) is 2. The van der Waals surface area contributed by atoms with Crippen LogP contribution in [-0.4, -0.2) is 60.3 Å². The molecule has 19 heavy (non-hydrogen) atoms. The van der Waals surface area contributed by atoms with E-state index >= 15 is 0 Å². The van der Waals surface area contributed by atoms with Gasteiger partial charge in [-0.1, -0.05) is 6.42 Å². The lowest BCUT2D eigenvalue weighted by Gasteiger charge is -2.31.